The summed E-state index contributed by atoms with van der Waals surface area (Å²) in [6.07, 6.45) is 2.66. The van der Waals surface area contributed by atoms with Crippen LogP contribution in [0.4, 0.5) is 0 Å². The molecule has 0 aliphatic carbocycles. The number of piperidine rings is 1. The maximum absolute atomic E-state index is 12.1. The fourth-order valence-electron chi connectivity index (χ4n) is 2.32. The summed E-state index contributed by atoms with van der Waals surface area (Å²) in [4.78, 5) is 11.2. The summed E-state index contributed by atoms with van der Waals surface area (Å²) in [5.41, 5.74) is 0. The molecule has 9 heteroatoms. The standard InChI is InChI=1S/C11H21NO6S2/c1-3-9-4-5-12(10(8-9)11(13)14)20(17,18)7-6-19(2,15)16/h9-10H,3-8H2,1-2H3,(H,13,14). The van der Waals surface area contributed by atoms with Gasteiger partial charge in [0.2, 0.25) is 10.0 Å². The second kappa shape index (κ2) is 6.40. The van der Waals surface area contributed by atoms with Crippen molar-refractivity contribution in [3.63, 3.8) is 0 Å². The number of hydrogen-bond acceptors (Lipinski definition) is 5. The van der Waals surface area contributed by atoms with E-state index < -0.39 is 43.4 Å². The van der Waals surface area contributed by atoms with Crippen molar-refractivity contribution in [2.75, 3.05) is 24.3 Å². The molecule has 0 saturated carbocycles. The molecule has 0 spiro atoms. The SMILES string of the molecule is CCC1CCN(S(=O)(=O)CCS(C)(=O)=O)C(C(=O)O)C1. The maximum atomic E-state index is 12.1. The normalized spacial score (nSPS) is 25.5. The summed E-state index contributed by atoms with van der Waals surface area (Å²) in [7, 11) is -7.27. The van der Waals surface area contributed by atoms with Crippen LogP contribution in [0.2, 0.25) is 0 Å². The summed E-state index contributed by atoms with van der Waals surface area (Å²) in [6, 6.07) is -1.08. The smallest absolute Gasteiger partial charge is 0.322 e. The van der Waals surface area contributed by atoms with Crippen LogP contribution in [0.3, 0.4) is 0 Å². The van der Waals surface area contributed by atoms with Gasteiger partial charge in [-0.1, -0.05) is 13.3 Å². The minimum atomic E-state index is -3.87. The molecule has 20 heavy (non-hydrogen) atoms. The Morgan fingerprint density at radius 3 is 2.30 bits per heavy atom. The summed E-state index contributed by atoms with van der Waals surface area (Å²) < 4.78 is 47.4. The minimum absolute atomic E-state index is 0.140. The fraction of sp³-hybridized carbons (Fsp3) is 0.909. The first kappa shape index (κ1) is 17.4. The van der Waals surface area contributed by atoms with Gasteiger partial charge in [-0.2, -0.15) is 4.31 Å². The van der Waals surface area contributed by atoms with Crippen LogP contribution in [0.5, 0.6) is 0 Å². The average molecular weight is 327 g/mol. The number of hydrogen-bond donors (Lipinski definition) is 1. The first-order valence-electron chi connectivity index (χ1n) is 6.47. The molecule has 1 aliphatic heterocycles. The van der Waals surface area contributed by atoms with Crippen LogP contribution >= 0.6 is 0 Å². The molecule has 118 valence electrons. The molecule has 0 amide bonds. The van der Waals surface area contributed by atoms with Gasteiger partial charge in [-0.15, -0.1) is 0 Å². The summed E-state index contributed by atoms with van der Waals surface area (Å²) in [5, 5.41) is 9.19. The van der Waals surface area contributed by atoms with Crippen molar-refractivity contribution in [2.45, 2.75) is 32.2 Å². The molecule has 1 aliphatic rings. The first-order valence-corrected chi connectivity index (χ1v) is 10.1. The summed E-state index contributed by atoms with van der Waals surface area (Å²) in [6.45, 7) is 2.08. The largest absolute Gasteiger partial charge is 0.480 e. The third kappa shape index (κ3) is 4.71. The molecular formula is C11H21NO6S2. The zero-order valence-corrected chi connectivity index (χ0v) is 13.3. The lowest BCUT2D eigenvalue weighted by atomic mass is 9.90. The Morgan fingerprint density at radius 1 is 1.25 bits per heavy atom. The molecule has 0 aromatic carbocycles. The molecule has 1 fully saturated rings. The lowest BCUT2D eigenvalue weighted by molar-refractivity contribution is -0.143. The van der Waals surface area contributed by atoms with Gasteiger partial charge in [0, 0.05) is 12.8 Å². The number of sulfonamides is 1. The van der Waals surface area contributed by atoms with E-state index in [4.69, 9.17) is 0 Å². The van der Waals surface area contributed by atoms with Gasteiger partial charge >= 0.3 is 5.97 Å². The van der Waals surface area contributed by atoms with E-state index in [1.54, 1.807) is 0 Å². The van der Waals surface area contributed by atoms with Crippen molar-refractivity contribution >= 4 is 25.8 Å². The van der Waals surface area contributed by atoms with Gasteiger partial charge in [0.25, 0.3) is 0 Å². The Labute approximate surface area is 119 Å². The molecule has 1 heterocycles. The Hall–Kier alpha value is -0.670. The number of carboxylic acid groups (broad SMARTS) is 1. The van der Waals surface area contributed by atoms with Gasteiger partial charge in [-0.3, -0.25) is 4.79 Å². The predicted octanol–water partition coefficient (Wildman–Crippen LogP) is -0.0640. The molecule has 2 unspecified atom stereocenters. The molecule has 1 rings (SSSR count). The third-order valence-electron chi connectivity index (χ3n) is 3.59. The highest BCUT2D eigenvalue weighted by Gasteiger charge is 2.39. The van der Waals surface area contributed by atoms with Gasteiger partial charge in [0.1, 0.15) is 15.9 Å². The Kier molecular flexibility index (Phi) is 5.56. The van der Waals surface area contributed by atoms with Crippen molar-refractivity contribution in [1.82, 2.24) is 4.31 Å². The first-order chi connectivity index (χ1) is 9.07. The summed E-state index contributed by atoms with van der Waals surface area (Å²) in [5.74, 6) is -2.04. The molecule has 0 bridgehead atoms. The van der Waals surface area contributed by atoms with Gasteiger partial charge in [0.05, 0.1) is 11.5 Å². The van der Waals surface area contributed by atoms with Crippen molar-refractivity contribution in [3.8, 4) is 0 Å². The zero-order chi connectivity index (χ0) is 15.6. The van der Waals surface area contributed by atoms with E-state index in [2.05, 4.69) is 0 Å². The van der Waals surface area contributed by atoms with Crippen molar-refractivity contribution in [2.24, 2.45) is 5.92 Å². The fourth-order valence-corrected chi connectivity index (χ4v) is 5.55. The monoisotopic (exact) mass is 327 g/mol. The number of carbonyl (C=O) groups is 1. The van der Waals surface area contributed by atoms with Crippen LogP contribution in [-0.4, -0.2) is 62.6 Å². The van der Waals surface area contributed by atoms with Gasteiger partial charge in [0.15, 0.2) is 0 Å². The minimum Gasteiger partial charge on any atom is -0.480 e. The second-order valence-corrected chi connectivity index (χ2v) is 9.51. The van der Waals surface area contributed by atoms with Crippen molar-refractivity contribution in [1.29, 1.82) is 0 Å². The van der Waals surface area contributed by atoms with Gasteiger partial charge in [-0.25, -0.2) is 16.8 Å². The van der Waals surface area contributed by atoms with Crippen LogP contribution in [0.15, 0.2) is 0 Å². The van der Waals surface area contributed by atoms with Gasteiger partial charge < -0.3 is 5.11 Å². The van der Waals surface area contributed by atoms with Crippen molar-refractivity contribution < 1.29 is 26.7 Å². The topological polar surface area (TPSA) is 109 Å². The van der Waals surface area contributed by atoms with E-state index in [9.17, 15) is 26.7 Å². The van der Waals surface area contributed by atoms with E-state index in [1.807, 2.05) is 6.92 Å². The van der Waals surface area contributed by atoms with E-state index >= 15 is 0 Å². The van der Waals surface area contributed by atoms with E-state index in [0.717, 1.165) is 17.0 Å². The Bertz CT molecular complexity index is 553. The second-order valence-electron chi connectivity index (χ2n) is 5.21. The molecule has 2 atom stereocenters. The number of aliphatic carboxylic acids is 1. The lowest BCUT2D eigenvalue weighted by Crippen LogP contribution is -2.51. The highest BCUT2D eigenvalue weighted by molar-refractivity contribution is 7.93. The predicted molar refractivity (Wildman–Crippen MR) is 74.6 cm³/mol. The van der Waals surface area contributed by atoms with E-state index in [1.165, 1.54) is 0 Å². The molecule has 1 N–H and O–H groups in total. The highest BCUT2D eigenvalue weighted by atomic mass is 32.2. The number of carboxylic acids is 1. The molecular weight excluding hydrogens is 306 g/mol. The third-order valence-corrected chi connectivity index (χ3v) is 6.67. The molecule has 1 saturated heterocycles. The average Bonchev–Trinajstić information content (AvgIpc) is 2.35. The van der Waals surface area contributed by atoms with Crippen LogP contribution < -0.4 is 0 Å². The van der Waals surface area contributed by atoms with Gasteiger partial charge in [-0.05, 0) is 18.8 Å². The van der Waals surface area contributed by atoms with E-state index in [0.29, 0.717) is 6.42 Å². The maximum Gasteiger partial charge on any atom is 0.322 e. The van der Waals surface area contributed by atoms with E-state index in [-0.39, 0.29) is 18.9 Å². The quantitative estimate of drug-likeness (QED) is 0.732. The zero-order valence-electron chi connectivity index (χ0n) is 11.6. The Balaban J connectivity index is 2.89. The molecule has 0 aromatic rings. The molecule has 0 aromatic heterocycles. The van der Waals surface area contributed by atoms with Crippen LogP contribution in [-0.2, 0) is 24.7 Å². The summed E-state index contributed by atoms with van der Waals surface area (Å²) >= 11 is 0. The molecule has 7 nitrogen and oxygen atoms in total. The van der Waals surface area contributed by atoms with Crippen LogP contribution in [0.1, 0.15) is 26.2 Å². The Morgan fingerprint density at radius 2 is 1.85 bits per heavy atom. The van der Waals surface area contributed by atoms with Crippen molar-refractivity contribution in [3.05, 3.63) is 0 Å². The lowest BCUT2D eigenvalue weighted by Gasteiger charge is -2.35. The number of rotatable bonds is 6. The number of sulfone groups is 1. The van der Waals surface area contributed by atoms with Crippen LogP contribution in [0, 0.1) is 5.92 Å². The number of nitrogens with zero attached hydrogens (tertiary/aromatic N) is 1. The highest BCUT2D eigenvalue weighted by Crippen LogP contribution is 2.27. The van der Waals surface area contributed by atoms with Crippen LogP contribution in [0.25, 0.3) is 0 Å². The molecule has 0 radical (unpaired) electrons.